The molecule has 4 heteroatoms. The quantitative estimate of drug-likeness (QED) is 0.801. The third-order valence-electron chi connectivity index (χ3n) is 5.32. The fourth-order valence-corrected chi connectivity index (χ4v) is 3.74. The van der Waals surface area contributed by atoms with Gasteiger partial charge >= 0.3 is 0 Å². The highest BCUT2D eigenvalue weighted by molar-refractivity contribution is 6.09. The maximum Gasteiger partial charge on any atom is 0.240 e. The van der Waals surface area contributed by atoms with E-state index in [0.717, 1.165) is 24.8 Å². The van der Waals surface area contributed by atoms with Gasteiger partial charge in [-0.05, 0) is 51.4 Å². The van der Waals surface area contributed by atoms with Gasteiger partial charge in [-0.3, -0.25) is 14.5 Å². The molecule has 22 heavy (non-hydrogen) atoms. The summed E-state index contributed by atoms with van der Waals surface area (Å²) >= 11 is 0. The summed E-state index contributed by atoms with van der Waals surface area (Å²) in [6.45, 7) is 2.52. The van der Waals surface area contributed by atoms with Crippen molar-refractivity contribution in [2.45, 2.75) is 44.1 Å². The van der Waals surface area contributed by atoms with Crippen molar-refractivity contribution in [2.75, 3.05) is 20.6 Å². The van der Waals surface area contributed by atoms with E-state index in [1.807, 2.05) is 44.1 Å². The third-order valence-corrected chi connectivity index (χ3v) is 5.32. The first kappa shape index (κ1) is 15.2. The van der Waals surface area contributed by atoms with Gasteiger partial charge in [-0.1, -0.05) is 24.3 Å². The van der Waals surface area contributed by atoms with E-state index in [1.165, 1.54) is 10.5 Å². The minimum absolute atomic E-state index is 0.0124. The zero-order valence-electron chi connectivity index (χ0n) is 13.6. The fraction of sp³-hybridized carbons (Fsp3) is 0.556. The van der Waals surface area contributed by atoms with E-state index in [2.05, 4.69) is 6.07 Å². The van der Waals surface area contributed by atoms with Crippen LogP contribution in [0.25, 0.3) is 0 Å². The van der Waals surface area contributed by atoms with E-state index < -0.39 is 5.41 Å². The maximum atomic E-state index is 13.1. The first-order valence-electron chi connectivity index (χ1n) is 8.05. The van der Waals surface area contributed by atoms with Gasteiger partial charge in [0.2, 0.25) is 11.8 Å². The molecule has 1 aromatic carbocycles. The molecule has 0 saturated carbocycles. The molecule has 4 nitrogen and oxygen atoms in total. The number of nitrogens with zero attached hydrogens (tertiary/aromatic N) is 2. The van der Waals surface area contributed by atoms with Crippen molar-refractivity contribution in [3.05, 3.63) is 35.4 Å². The van der Waals surface area contributed by atoms with Crippen LogP contribution in [0.4, 0.5) is 0 Å². The van der Waals surface area contributed by atoms with Gasteiger partial charge in [0.25, 0.3) is 0 Å². The lowest BCUT2D eigenvalue weighted by molar-refractivity contribution is -0.140. The Balaban J connectivity index is 1.94. The van der Waals surface area contributed by atoms with Crippen LogP contribution in [-0.2, 0) is 21.4 Å². The normalized spacial score (nSPS) is 25.9. The van der Waals surface area contributed by atoms with Crippen molar-refractivity contribution in [2.24, 2.45) is 0 Å². The number of rotatable bonds is 3. The summed E-state index contributed by atoms with van der Waals surface area (Å²) in [6, 6.07) is 8.30. The Bertz CT molecular complexity index is 611. The fourth-order valence-electron chi connectivity index (χ4n) is 3.74. The van der Waals surface area contributed by atoms with E-state index in [0.29, 0.717) is 13.0 Å². The van der Waals surface area contributed by atoms with Gasteiger partial charge in [0.1, 0.15) is 0 Å². The molecule has 1 aliphatic carbocycles. The highest BCUT2D eigenvalue weighted by Gasteiger charge is 2.54. The number of carbonyl (C=O) groups is 2. The molecule has 0 aromatic heterocycles. The number of likely N-dealkylation sites (tertiary alicyclic amines) is 1. The molecular formula is C18H24N2O2. The minimum atomic E-state index is -0.599. The summed E-state index contributed by atoms with van der Waals surface area (Å²) in [5.41, 5.74) is 1.72. The summed E-state index contributed by atoms with van der Waals surface area (Å²) in [5, 5.41) is 0. The third kappa shape index (κ3) is 2.26. The summed E-state index contributed by atoms with van der Waals surface area (Å²) in [4.78, 5) is 29.1. The van der Waals surface area contributed by atoms with Crippen molar-refractivity contribution in [3.63, 3.8) is 0 Å². The van der Waals surface area contributed by atoms with Crippen LogP contribution in [0.1, 0.15) is 37.3 Å². The van der Waals surface area contributed by atoms with Crippen LogP contribution < -0.4 is 0 Å². The van der Waals surface area contributed by atoms with Crippen LogP contribution in [0.5, 0.6) is 0 Å². The molecule has 1 saturated heterocycles. The predicted octanol–water partition coefficient (Wildman–Crippen LogP) is 1.97. The smallest absolute Gasteiger partial charge is 0.240 e. The highest BCUT2D eigenvalue weighted by Crippen LogP contribution is 2.45. The van der Waals surface area contributed by atoms with E-state index in [-0.39, 0.29) is 17.9 Å². The second-order valence-corrected chi connectivity index (χ2v) is 6.89. The lowest BCUT2D eigenvalue weighted by Crippen LogP contribution is -2.45. The number of carbonyl (C=O) groups excluding carboxylic acids is 2. The van der Waals surface area contributed by atoms with Crippen molar-refractivity contribution in [1.82, 2.24) is 9.80 Å². The molecule has 1 heterocycles. The largest absolute Gasteiger partial charge is 0.305 e. The first-order chi connectivity index (χ1) is 10.5. The molecule has 2 aliphatic rings. The Morgan fingerprint density at radius 3 is 2.73 bits per heavy atom. The second kappa shape index (κ2) is 5.51. The van der Waals surface area contributed by atoms with Crippen LogP contribution in [0.3, 0.4) is 0 Å². The molecule has 2 atom stereocenters. The topological polar surface area (TPSA) is 40.6 Å². The van der Waals surface area contributed by atoms with E-state index in [1.54, 1.807) is 0 Å². The Morgan fingerprint density at radius 2 is 2.00 bits per heavy atom. The molecular weight excluding hydrogens is 276 g/mol. The Hall–Kier alpha value is -1.68. The molecule has 1 fully saturated rings. The van der Waals surface area contributed by atoms with Crippen molar-refractivity contribution in [1.29, 1.82) is 0 Å². The monoisotopic (exact) mass is 300 g/mol. The zero-order chi connectivity index (χ0) is 15.9. The Morgan fingerprint density at radius 1 is 1.27 bits per heavy atom. The van der Waals surface area contributed by atoms with E-state index >= 15 is 0 Å². The minimum Gasteiger partial charge on any atom is -0.305 e. The average molecular weight is 300 g/mol. The van der Waals surface area contributed by atoms with E-state index in [9.17, 15) is 9.59 Å². The van der Waals surface area contributed by atoms with Crippen molar-refractivity contribution in [3.8, 4) is 0 Å². The number of imide groups is 1. The molecule has 1 aliphatic heterocycles. The van der Waals surface area contributed by atoms with Gasteiger partial charge in [-0.25, -0.2) is 0 Å². The van der Waals surface area contributed by atoms with Gasteiger partial charge in [0.05, 0.1) is 5.41 Å². The standard InChI is InChI=1S/C18H24N2O2/c1-13(19(2)3)12-20-16(21)11-18(17(20)22)10-6-8-14-7-4-5-9-15(14)18/h4-5,7,9,13H,6,8,10-12H2,1-3H3. The number of fused-ring (bicyclic) bond motifs is 2. The maximum absolute atomic E-state index is 13.1. The lowest BCUT2D eigenvalue weighted by Gasteiger charge is -2.34. The molecule has 1 spiro atoms. The van der Waals surface area contributed by atoms with E-state index in [4.69, 9.17) is 0 Å². The highest BCUT2D eigenvalue weighted by atomic mass is 16.2. The summed E-state index contributed by atoms with van der Waals surface area (Å²) in [5.74, 6) is -0.00578. The number of hydrogen-bond donors (Lipinski definition) is 0. The molecule has 0 bridgehead atoms. The number of amides is 2. The van der Waals surface area contributed by atoms with Gasteiger partial charge in [-0.15, -0.1) is 0 Å². The number of likely N-dealkylation sites (N-methyl/N-ethyl adjacent to an activating group) is 1. The molecule has 3 rings (SSSR count). The number of benzene rings is 1. The summed E-state index contributed by atoms with van der Waals surface area (Å²) < 4.78 is 0. The summed E-state index contributed by atoms with van der Waals surface area (Å²) in [7, 11) is 3.95. The first-order valence-corrected chi connectivity index (χ1v) is 8.05. The molecule has 118 valence electrons. The summed E-state index contributed by atoms with van der Waals surface area (Å²) in [6.07, 6.45) is 3.12. The predicted molar refractivity (Wildman–Crippen MR) is 85.5 cm³/mol. The number of aryl methyl sites for hydroxylation is 1. The van der Waals surface area contributed by atoms with Crippen LogP contribution in [-0.4, -0.2) is 48.3 Å². The lowest BCUT2D eigenvalue weighted by atomic mass is 9.69. The van der Waals surface area contributed by atoms with Crippen LogP contribution in [0.2, 0.25) is 0 Å². The van der Waals surface area contributed by atoms with Gasteiger partial charge in [0, 0.05) is 19.0 Å². The molecule has 2 amide bonds. The van der Waals surface area contributed by atoms with Gasteiger partial charge < -0.3 is 4.90 Å². The molecule has 0 N–H and O–H groups in total. The van der Waals surface area contributed by atoms with Crippen LogP contribution in [0.15, 0.2) is 24.3 Å². The zero-order valence-corrected chi connectivity index (χ0v) is 13.6. The SMILES string of the molecule is CC(CN1C(=O)CC2(CCCc3ccccc32)C1=O)N(C)C. The van der Waals surface area contributed by atoms with Crippen LogP contribution in [0, 0.1) is 0 Å². The molecule has 2 unspecified atom stereocenters. The van der Waals surface area contributed by atoms with Crippen LogP contribution >= 0.6 is 0 Å². The average Bonchev–Trinajstić information content (AvgIpc) is 2.73. The molecule has 1 aromatic rings. The Labute approximate surface area is 132 Å². The van der Waals surface area contributed by atoms with Crippen molar-refractivity contribution < 1.29 is 9.59 Å². The Kier molecular flexibility index (Phi) is 3.81. The molecule has 0 radical (unpaired) electrons. The van der Waals surface area contributed by atoms with Gasteiger partial charge in [-0.2, -0.15) is 0 Å². The van der Waals surface area contributed by atoms with Crippen molar-refractivity contribution >= 4 is 11.8 Å². The van der Waals surface area contributed by atoms with Gasteiger partial charge in [0.15, 0.2) is 0 Å². The number of hydrogen-bond acceptors (Lipinski definition) is 3. The second-order valence-electron chi connectivity index (χ2n) is 6.89.